The molecule has 0 aliphatic carbocycles. The number of hydrogen-bond donors (Lipinski definition) is 0. The van der Waals surface area contributed by atoms with Gasteiger partial charge in [0.15, 0.2) is 11.5 Å². The van der Waals surface area contributed by atoms with E-state index in [1.807, 2.05) is 5.38 Å². The van der Waals surface area contributed by atoms with Crippen LogP contribution >= 0.6 is 22.7 Å². The van der Waals surface area contributed by atoms with E-state index in [1.54, 1.807) is 32.5 Å². The molecule has 6 nitrogen and oxygen atoms in total. The van der Waals surface area contributed by atoms with E-state index in [1.165, 1.54) is 27.3 Å². The Morgan fingerprint density at radius 3 is 2.73 bits per heavy atom. The third-order valence-electron chi connectivity index (χ3n) is 5.15. The molecule has 1 aromatic carbocycles. The summed E-state index contributed by atoms with van der Waals surface area (Å²) in [6.45, 7) is 3.69. The van der Waals surface area contributed by atoms with E-state index in [9.17, 15) is 4.79 Å². The third kappa shape index (κ3) is 4.08. The lowest BCUT2D eigenvalue weighted by atomic mass is 9.90. The minimum atomic E-state index is -0.357. The van der Waals surface area contributed by atoms with Crippen LogP contribution in [0.2, 0.25) is 0 Å². The first kappa shape index (κ1) is 20.8. The number of aromatic nitrogens is 1. The molecule has 4 rings (SSSR count). The van der Waals surface area contributed by atoms with Crippen molar-refractivity contribution in [3.05, 3.63) is 61.7 Å². The SMILES string of the molecule is CCOC(=O)c1nc(CN2CCc3cc(OC)c(OC)cc3C2c2cccs2)cs1. The maximum Gasteiger partial charge on any atom is 0.367 e. The topological polar surface area (TPSA) is 60.9 Å². The molecule has 30 heavy (non-hydrogen) atoms. The monoisotopic (exact) mass is 444 g/mol. The number of carbonyl (C=O) groups excluding carboxylic acids is 1. The predicted octanol–water partition coefficient (Wildman–Crippen LogP) is 4.55. The van der Waals surface area contributed by atoms with Gasteiger partial charge in [0.05, 0.1) is 32.6 Å². The standard InChI is InChI=1S/C22H24N2O4S2/c1-4-28-22(25)21-23-15(13-30-21)12-24-8-7-14-10-17(26-2)18(27-3)11-16(14)20(24)19-6-5-9-29-19/h5-6,9-11,13,20H,4,7-8,12H2,1-3H3. The highest BCUT2D eigenvalue weighted by Gasteiger charge is 2.31. The first-order valence-corrected chi connectivity index (χ1v) is 11.5. The van der Waals surface area contributed by atoms with Gasteiger partial charge >= 0.3 is 5.97 Å². The second-order valence-electron chi connectivity index (χ2n) is 6.91. The van der Waals surface area contributed by atoms with Crippen LogP contribution in [-0.4, -0.2) is 43.2 Å². The summed E-state index contributed by atoms with van der Waals surface area (Å²) in [5.74, 6) is 1.13. The minimum Gasteiger partial charge on any atom is -0.493 e. The lowest BCUT2D eigenvalue weighted by molar-refractivity contribution is 0.0525. The van der Waals surface area contributed by atoms with Crippen molar-refractivity contribution < 1.29 is 19.0 Å². The van der Waals surface area contributed by atoms with Crippen molar-refractivity contribution in [3.8, 4) is 11.5 Å². The zero-order valence-electron chi connectivity index (χ0n) is 17.2. The number of nitrogens with zero attached hydrogens (tertiary/aromatic N) is 2. The van der Waals surface area contributed by atoms with Crippen molar-refractivity contribution in [2.45, 2.75) is 25.9 Å². The molecule has 3 aromatic rings. The van der Waals surface area contributed by atoms with Gasteiger partial charge < -0.3 is 14.2 Å². The molecule has 1 aliphatic heterocycles. The van der Waals surface area contributed by atoms with E-state index >= 15 is 0 Å². The van der Waals surface area contributed by atoms with Gasteiger partial charge in [0.25, 0.3) is 0 Å². The zero-order valence-corrected chi connectivity index (χ0v) is 18.8. The van der Waals surface area contributed by atoms with Gasteiger partial charge in [0, 0.05) is 23.3 Å². The van der Waals surface area contributed by atoms with Crippen molar-refractivity contribution in [1.29, 1.82) is 0 Å². The summed E-state index contributed by atoms with van der Waals surface area (Å²) < 4.78 is 16.2. The molecule has 0 saturated carbocycles. The summed E-state index contributed by atoms with van der Waals surface area (Å²) in [6.07, 6.45) is 0.909. The Hall–Kier alpha value is -2.42. The summed E-state index contributed by atoms with van der Waals surface area (Å²) in [5.41, 5.74) is 3.38. The maximum atomic E-state index is 12.0. The molecule has 2 aromatic heterocycles. The smallest absolute Gasteiger partial charge is 0.367 e. The highest BCUT2D eigenvalue weighted by molar-refractivity contribution is 7.11. The number of rotatable bonds is 7. The largest absolute Gasteiger partial charge is 0.493 e. The van der Waals surface area contributed by atoms with Crippen molar-refractivity contribution in [2.24, 2.45) is 0 Å². The minimum absolute atomic E-state index is 0.0984. The van der Waals surface area contributed by atoms with Crippen LogP contribution in [0.1, 0.15) is 44.5 Å². The molecule has 0 bridgehead atoms. The Bertz CT molecular complexity index is 1020. The van der Waals surface area contributed by atoms with Gasteiger partial charge in [-0.15, -0.1) is 22.7 Å². The number of methoxy groups -OCH3 is 2. The summed E-state index contributed by atoms with van der Waals surface area (Å²) in [6, 6.07) is 8.53. The quantitative estimate of drug-likeness (QED) is 0.499. The van der Waals surface area contributed by atoms with E-state index in [0.29, 0.717) is 18.2 Å². The second kappa shape index (κ2) is 9.16. The average Bonchev–Trinajstić information content (AvgIpc) is 3.45. The van der Waals surface area contributed by atoms with Gasteiger partial charge in [0.2, 0.25) is 5.01 Å². The predicted molar refractivity (Wildman–Crippen MR) is 118 cm³/mol. The van der Waals surface area contributed by atoms with Crippen molar-refractivity contribution in [3.63, 3.8) is 0 Å². The number of thiophene rings is 1. The zero-order chi connectivity index (χ0) is 21.1. The second-order valence-corrected chi connectivity index (χ2v) is 8.75. The molecule has 8 heteroatoms. The van der Waals surface area contributed by atoms with E-state index < -0.39 is 0 Å². The molecule has 0 N–H and O–H groups in total. The molecule has 1 aliphatic rings. The number of fused-ring (bicyclic) bond motifs is 1. The number of thiazole rings is 1. The molecule has 0 fully saturated rings. The Kier molecular flexibility index (Phi) is 6.36. The van der Waals surface area contributed by atoms with E-state index in [4.69, 9.17) is 14.2 Å². The fraction of sp³-hybridized carbons (Fsp3) is 0.364. The lowest BCUT2D eigenvalue weighted by Crippen LogP contribution is -2.35. The van der Waals surface area contributed by atoms with Gasteiger partial charge in [-0.25, -0.2) is 9.78 Å². The average molecular weight is 445 g/mol. The highest BCUT2D eigenvalue weighted by atomic mass is 32.1. The normalized spacial score (nSPS) is 16.2. The number of carbonyl (C=O) groups is 1. The van der Waals surface area contributed by atoms with Gasteiger partial charge in [-0.2, -0.15) is 0 Å². The van der Waals surface area contributed by atoms with Crippen molar-refractivity contribution in [2.75, 3.05) is 27.4 Å². The van der Waals surface area contributed by atoms with E-state index in [-0.39, 0.29) is 12.0 Å². The number of benzene rings is 1. The molecule has 3 heterocycles. The molecule has 0 spiro atoms. The van der Waals surface area contributed by atoms with Crippen LogP contribution in [0.5, 0.6) is 11.5 Å². The Morgan fingerprint density at radius 2 is 2.03 bits per heavy atom. The molecule has 0 saturated heterocycles. The highest BCUT2D eigenvalue weighted by Crippen LogP contribution is 2.42. The van der Waals surface area contributed by atoms with Gasteiger partial charge in [-0.1, -0.05) is 6.07 Å². The van der Waals surface area contributed by atoms with Gasteiger partial charge in [0.1, 0.15) is 0 Å². The van der Waals surface area contributed by atoms with Crippen LogP contribution in [0.15, 0.2) is 35.0 Å². The Balaban J connectivity index is 1.67. The third-order valence-corrected chi connectivity index (χ3v) is 6.95. The van der Waals surface area contributed by atoms with Crippen LogP contribution in [0.25, 0.3) is 0 Å². The number of ether oxygens (including phenoxy) is 3. The van der Waals surface area contributed by atoms with Crippen LogP contribution in [0, 0.1) is 0 Å². The van der Waals surface area contributed by atoms with E-state index in [0.717, 1.165) is 30.2 Å². The van der Waals surface area contributed by atoms with E-state index in [2.05, 4.69) is 39.5 Å². The number of esters is 1. The molecule has 1 atom stereocenters. The van der Waals surface area contributed by atoms with Crippen LogP contribution < -0.4 is 9.47 Å². The molecule has 1 unspecified atom stereocenters. The van der Waals surface area contributed by atoms with Crippen molar-refractivity contribution in [1.82, 2.24) is 9.88 Å². The fourth-order valence-electron chi connectivity index (χ4n) is 3.82. The molecular formula is C22H24N2O4S2. The molecule has 0 amide bonds. The summed E-state index contributed by atoms with van der Waals surface area (Å²) in [7, 11) is 3.33. The Morgan fingerprint density at radius 1 is 1.23 bits per heavy atom. The van der Waals surface area contributed by atoms with Crippen LogP contribution in [0.4, 0.5) is 0 Å². The van der Waals surface area contributed by atoms with Gasteiger partial charge in [-0.05, 0) is 48.1 Å². The fourth-order valence-corrected chi connectivity index (χ4v) is 5.40. The van der Waals surface area contributed by atoms with Crippen LogP contribution in [-0.2, 0) is 17.7 Å². The number of hydrogen-bond acceptors (Lipinski definition) is 8. The van der Waals surface area contributed by atoms with Crippen molar-refractivity contribution >= 4 is 28.6 Å². The van der Waals surface area contributed by atoms with Gasteiger partial charge in [-0.3, -0.25) is 4.90 Å². The first-order chi connectivity index (χ1) is 14.6. The summed E-state index contributed by atoms with van der Waals surface area (Å²) in [4.78, 5) is 20.2. The maximum absolute atomic E-state index is 12.0. The summed E-state index contributed by atoms with van der Waals surface area (Å²) >= 11 is 3.08. The van der Waals surface area contributed by atoms with Crippen LogP contribution in [0.3, 0.4) is 0 Å². The molecular weight excluding hydrogens is 420 g/mol. The lowest BCUT2D eigenvalue weighted by Gasteiger charge is -2.37. The Labute approximate surface area is 184 Å². The molecule has 0 radical (unpaired) electrons. The molecule has 158 valence electrons. The summed E-state index contributed by atoms with van der Waals surface area (Å²) in [5, 5.41) is 4.45. The first-order valence-electron chi connectivity index (χ1n) is 9.78.